The number of hydrogen-bond donors (Lipinski definition) is 0. The highest BCUT2D eigenvalue weighted by molar-refractivity contribution is 7.12. The van der Waals surface area contributed by atoms with Crippen LogP contribution in [0.25, 0.3) is 0 Å². The summed E-state index contributed by atoms with van der Waals surface area (Å²) >= 11 is 1.43. The maximum Gasteiger partial charge on any atom is 0.318 e. The predicted molar refractivity (Wildman–Crippen MR) is 85.7 cm³/mol. The Morgan fingerprint density at radius 1 is 1.52 bits per heavy atom. The molecule has 23 heavy (non-hydrogen) atoms. The molecule has 124 valence electrons. The number of aryl methyl sites for hydroxylation is 2. The SMILES string of the molecule is Cc1nnc(N2C[C@@H](F)C[C@H]2CN(C)C(=O)c2sccc2C)o1. The summed E-state index contributed by atoms with van der Waals surface area (Å²) in [7, 11) is 1.74. The van der Waals surface area contributed by atoms with Gasteiger partial charge in [0.15, 0.2) is 0 Å². The summed E-state index contributed by atoms with van der Waals surface area (Å²) in [4.78, 5) is 16.6. The van der Waals surface area contributed by atoms with Gasteiger partial charge in [0.2, 0.25) is 5.89 Å². The van der Waals surface area contributed by atoms with Gasteiger partial charge < -0.3 is 14.2 Å². The number of anilines is 1. The monoisotopic (exact) mass is 338 g/mol. The Kier molecular flexibility index (Phi) is 4.34. The molecule has 1 fully saturated rings. The molecule has 8 heteroatoms. The molecule has 1 aliphatic rings. The van der Waals surface area contributed by atoms with Crippen molar-refractivity contribution < 1.29 is 13.6 Å². The van der Waals surface area contributed by atoms with E-state index in [2.05, 4.69) is 10.2 Å². The lowest BCUT2D eigenvalue weighted by atomic mass is 10.2. The molecule has 1 aliphatic heterocycles. The maximum absolute atomic E-state index is 13.9. The van der Waals surface area contributed by atoms with Crippen LogP contribution < -0.4 is 4.90 Å². The van der Waals surface area contributed by atoms with Crippen molar-refractivity contribution in [3.8, 4) is 0 Å². The Morgan fingerprint density at radius 3 is 2.91 bits per heavy atom. The van der Waals surface area contributed by atoms with E-state index >= 15 is 0 Å². The molecule has 6 nitrogen and oxygen atoms in total. The van der Waals surface area contributed by atoms with Crippen molar-refractivity contribution >= 4 is 23.3 Å². The second-order valence-electron chi connectivity index (χ2n) is 5.86. The first kappa shape index (κ1) is 15.9. The average molecular weight is 338 g/mol. The maximum atomic E-state index is 13.9. The molecule has 3 rings (SSSR count). The van der Waals surface area contributed by atoms with E-state index in [1.807, 2.05) is 18.4 Å². The van der Waals surface area contributed by atoms with Gasteiger partial charge in [-0.2, -0.15) is 0 Å². The van der Waals surface area contributed by atoms with E-state index in [1.165, 1.54) is 11.3 Å². The normalized spacial score (nSPS) is 21.0. The molecule has 0 aliphatic carbocycles. The minimum Gasteiger partial charge on any atom is -0.408 e. The first-order valence-corrected chi connectivity index (χ1v) is 8.34. The van der Waals surface area contributed by atoms with Gasteiger partial charge in [-0.05, 0) is 23.9 Å². The van der Waals surface area contributed by atoms with Crippen LogP contribution in [0.3, 0.4) is 0 Å². The van der Waals surface area contributed by atoms with E-state index in [9.17, 15) is 9.18 Å². The summed E-state index contributed by atoms with van der Waals surface area (Å²) in [6, 6.07) is 2.08. The second kappa shape index (κ2) is 6.27. The number of nitrogens with zero attached hydrogens (tertiary/aromatic N) is 4. The van der Waals surface area contributed by atoms with Crippen molar-refractivity contribution in [1.82, 2.24) is 15.1 Å². The van der Waals surface area contributed by atoms with Crippen LogP contribution in [0.1, 0.15) is 27.5 Å². The van der Waals surface area contributed by atoms with E-state index in [0.29, 0.717) is 24.9 Å². The topological polar surface area (TPSA) is 62.5 Å². The lowest BCUT2D eigenvalue weighted by molar-refractivity contribution is 0.0789. The Bertz CT molecular complexity index is 701. The fourth-order valence-corrected chi connectivity index (χ4v) is 3.75. The third kappa shape index (κ3) is 3.21. The van der Waals surface area contributed by atoms with E-state index in [4.69, 9.17) is 4.42 Å². The average Bonchev–Trinajstić information content (AvgIpc) is 3.19. The Labute approximate surface area is 137 Å². The highest BCUT2D eigenvalue weighted by Gasteiger charge is 2.36. The summed E-state index contributed by atoms with van der Waals surface area (Å²) in [5.41, 5.74) is 0.964. The van der Waals surface area contributed by atoms with E-state index in [-0.39, 0.29) is 18.5 Å². The number of aromatic nitrogens is 2. The van der Waals surface area contributed by atoms with Gasteiger partial charge >= 0.3 is 6.01 Å². The number of carbonyl (C=O) groups excluding carboxylic acids is 1. The molecule has 0 bridgehead atoms. The van der Waals surface area contributed by atoms with E-state index < -0.39 is 6.17 Å². The molecule has 3 heterocycles. The lowest BCUT2D eigenvalue weighted by Gasteiger charge is -2.27. The molecule has 0 aromatic carbocycles. The second-order valence-corrected chi connectivity index (χ2v) is 6.78. The van der Waals surface area contributed by atoms with Crippen molar-refractivity contribution in [2.45, 2.75) is 32.5 Å². The van der Waals surface area contributed by atoms with E-state index in [0.717, 1.165) is 10.4 Å². The molecule has 1 saturated heterocycles. The van der Waals surface area contributed by atoms with Gasteiger partial charge in [0.05, 0.1) is 17.5 Å². The van der Waals surface area contributed by atoms with Gasteiger partial charge in [-0.1, -0.05) is 5.10 Å². The van der Waals surface area contributed by atoms with Crippen LogP contribution in [0, 0.1) is 13.8 Å². The summed E-state index contributed by atoms with van der Waals surface area (Å²) in [6.07, 6.45) is -0.609. The molecule has 2 atom stereocenters. The molecule has 2 aromatic heterocycles. The lowest BCUT2D eigenvalue weighted by Crippen LogP contribution is -2.41. The Morgan fingerprint density at radius 2 is 2.30 bits per heavy atom. The number of halogens is 1. The molecule has 1 amide bonds. The number of likely N-dealkylation sites (N-methyl/N-ethyl adjacent to an activating group) is 1. The van der Waals surface area contributed by atoms with Gasteiger partial charge in [-0.25, -0.2) is 4.39 Å². The van der Waals surface area contributed by atoms with Crippen LogP contribution in [0.5, 0.6) is 0 Å². The highest BCUT2D eigenvalue weighted by Crippen LogP contribution is 2.27. The van der Waals surface area contributed by atoms with E-state index in [1.54, 1.807) is 23.8 Å². The number of carbonyl (C=O) groups is 1. The molecular weight excluding hydrogens is 319 g/mol. The largest absolute Gasteiger partial charge is 0.408 e. The number of thiophene rings is 1. The summed E-state index contributed by atoms with van der Waals surface area (Å²) < 4.78 is 19.3. The van der Waals surface area contributed by atoms with Gasteiger partial charge in [0.1, 0.15) is 6.17 Å². The minimum absolute atomic E-state index is 0.0403. The predicted octanol–water partition coefficient (Wildman–Crippen LogP) is 2.44. The zero-order valence-electron chi connectivity index (χ0n) is 13.3. The van der Waals surface area contributed by atoms with Crippen LogP contribution in [-0.2, 0) is 0 Å². The zero-order valence-corrected chi connectivity index (χ0v) is 14.1. The third-order valence-electron chi connectivity index (χ3n) is 4.01. The summed E-state index contributed by atoms with van der Waals surface area (Å²) in [5, 5.41) is 9.67. The molecule has 0 spiro atoms. The highest BCUT2D eigenvalue weighted by atomic mass is 32.1. The van der Waals surface area contributed by atoms with Crippen LogP contribution in [-0.4, -0.2) is 53.4 Å². The Hall–Kier alpha value is -1.96. The molecule has 2 aromatic rings. The van der Waals surface area contributed by atoms with Gasteiger partial charge in [0, 0.05) is 26.9 Å². The number of hydrogen-bond acceptors (Lipinski definition) is 6. The van der Waals surface area contributed by atoms with Crippen LogP contribution in [0.2, 0.25) is 0 Å². The van der Waals surface area contributed by atoms with Crippen molar-refractivity contribution in [3.63, 3.8) is 0 Å². The van der Waals surface area contributed by atoms with Crippen molar-refractivity contribution in [1.29, 1.82) is 0 Å². The molecule has 0 saturated carbocycles. The number of alkyl halides is 1. The Balaban J connectivity index is 1.72. The number of rotatable bonds is 4. The molecule has 0 radical (unpaired) electrons. The van der Waals surface area contributed by atoms with Crippen LogP contribution >= 0.6 is 11.3 Å². The summed E-state index contributed by atoms with van der Waals surface area (Å²) in [5.74, 6) is 0.404. The quantitative estimate of drug-likeness (QED) is 0.857. The zero-order chi connectivity index (χ0) is 16.6. The number of amides is 1. The van der Waals surface area contributed by atoms with Crippen LogP contribution in [0.15, 0.2) is 15.9 Å². The van der Waals surface area contributed by atoms with Crippen molar-refractivity contribution in [2.24, 2.45) is 0 Å². The fourth-order valence-electron chi connectivity index (χ4n) is 2.83. The van der Waals surface area contributed by atoms with Crippen LogP contribution in [0.4, 0.5) is 10.4 Å². The summed E-state index contributed by atoms with van der Waals surface area (Å²) in [6.45, 7) is 4.24. The van der Waals surface area contributed by atoms with Gasteiger partial charge in [-0.15, -0.1) is 16.4 Å². The molecule has 0 unspecified atom stereocenters. The van der Waals surface area contributed by atoms with Gasteiger partial charge in [-0.3, -0.25) is 4.79 Å². The van der Waals surface area contributed by atoms with Crippen molar-refractivity contribution in [2.75, 3.05) is 25.0 Å². The van der Waals surface area contributed by atoms with Crippen molar-refractivity contribution in [3.05, 3.63) is 27.8 Å². The first-order valence-electron chi connectivity index (χ1n) is 7.46. The third-order valence-corrected chi connectivity index (χ3v) is 5.02. The molecule has 0 N–H and O–H groups in total. The molecular formula is C15H19FN4O2S. The standard InChI is InChI=1S/C15H19FN4O2S/c1-9-4-5-23-13(9)14(21)19(3)8-12-6-11(16)7-20(12)15-18-17-10(2)22-15/h4-5,11-12H,6-8H2,1-3H3/t11-,12-/m0/s1. The first-order chi connectivity index (χ1) is 11.0. The fraction of sp³-hybridized carbons (Fsp3) is 0.533. The van der Waals surface area contributed by atoms with Gasteiger partial charge in [0.25, 0.3) is 5.91 Å². The smallest absolute Gasteiger partial charge is 0.318 e. The minimum atomic E-state index is -0.959.